The van der Waals surface area contributed by atoms with Gasteiger partial charge in [-0.2, -0.15) is 0 Å². The van der Waals surface area contributed by atoms with Crippen LogP contribution in [0, 0.1) is 0 Å². The van der Waals surface area contributed by atoms with Crippen molar-refractivity contribution >= 4 is 39.2 Å². The van der Waals surface area contributed by atoms with Gasteiger partial charge in [-0.05, 0) is 67.2 Å². The van der Waals surface area contributed by atoms with Crippen molar-refractivity contribution in [2.24, 2.45) is 0 Å². The van der Waals surface area contributed by atoms with E-state index < -0.39 is 0 Å². The van der Waals surface area contributed by atoms with Crippen LogP contribution in [-0.4, -0.2) is 42.0 Å². The summed E-state index contributed by atoms with van der Waals surface area (Å²) < 4.78 is 6.92. The first-order valence-corrected chi connectivity index (χ1v) is 12.7. The molecule has 178 valence electrons. The fraction of sp³-hybridized carbons (Fsp3) is 0.214. The summed E-state index contributed by atoms with van der Waals surface area (Å²) in [5.41, 5.74) is 9.22. The third-order valence-electron chi connectivity index (χ3n) is 6.14. The number of nitrogens with two attached hydrogens (primary N) is 1. The van der Waals surface area contributed by atoms with Gasteiger partial charge >= 0.3 is 0 Å². The van der Waals surface area contributed by atoms with Crippen molar-refractivity contribution in [1.29, 1.82) is 0 Å². The zero-order chi connectivity index (χ0) is 24.0. The second kappa shape index (κ2) is 10.7. The maximum Gasteiger partial charge on any atom is 0.244 e. The molecule has 1 amide bonds. The lowest BCUT2D eigenvalue weighted by atomic mass is 10.0. The van der Waals surface area contributed by atoms with Crippen molar-refractivity contribution in [3.05, 3.63) is 77.8 Å². The number of aromatic nitrogens is 1. The van der Waals surface area contributed by atoms with Crippen molar-refractivity contribution in [2.45, 2.75) is 12.8 Å². The molecule has 0 spiro atoms. The summed E-state index contributed by atoms with van der Waals surface area (Å²) in [5.74, 6) is 1.95. The number of nitrogens with one attached hydrogen (secondary N) is 1. The minimum absolute atomic E-state index is 0.0973. The predicted octanol–water partition coefficient (Wildman–Crippen LogP) is 5.56. The van der Waals surface area contributed by atoms with E-state index in [2.05, 4.69) is 20.6 Å². The number of likely N-dealkylation sites (tertiary alicyclic amines) is 1. The van der Waals surface area contributed by atoms with E-state index >= 15 is 0 Å². The summed E-state index contributed by atoms with van der Waals surface area (Å²) in [6.07, 6.45) is 7.62. The number of thiophene rings is 1. The Labute approximate surface area is 209 Å². The van der Waals surface area contributed by atoms with Crippen LogP contribution >= 0.6 is 11.3 Å². The molecule has 2 aromatic carbocycles. The summed E-state index contributed by atoms with van der Waals surface area (Å²) >= 11 is 1.60. The smallest absolute Gasteiger partial charge is 0.244 e. The van der Waals surface area contributed by atoms with E-state index in [9.17, 15) is 4.79 Å². The number of rotatable bonds is 8. The Balaban J connectivity index is 1.30. The van der Waals surface area contributed by atoms with Gasteiger partial charge in [0.2, 0.25) is 5.91 Å². The van der Waals surface area contributed by atoms with Crippen LogP contribution in [0.3, 0.4) is 0 Å². The molecule has 1 aliphatic rings. The van der Waals surface area contributed by atoms with E-state index in [-0.39, 0.29) is 5.91 Å². The topological polar surface area (TPSA) is 80.5 Å². The first kappa shape index (κ1) is 23.1. The maximum atomic E-state index is 12.3. The first-order chi connectivity index (χ1) is 17.2. The molecule has 5 rings (SSSR count). The van der Waals surface area contributed by atoms with Crippen molar-refractivity contribution in [1.82, 2.24) is 15.2 Å². The molecule has 0 unspecified atom stereocenters. The molecular formula is C28H28N4O2S. The number of pyridine rings is 1. The molecule has 1 fully saturated rings. The number of carbonyl (C=O) groups is 1. The van der Waals surface area contributed by atoms with E-state index in [1.54, 1.807) is 23.6 Å². The molecule has 0 aliphatic carbocycles. The van der Waals surface area contributed by atoms with E-state index in [1.165, 1.54) is 12.8 Å². The first-order valence-electron chi connectivity index (χ1n) is 11.8. The average Bonchev–Trinajstić information content (AvgIpc) is 3.56. The highest BCUT2D eigenvalue weighted by Crippen LogP contribution is 2.39. The molecule has 0 bridgehead atoms. The lowest BCUT2D eigenvalue weighted by Crippen LogP contribution is -2.32. The van der Waals surface area contributed by atoms with Crippen LogP contribution in [0.25, 0.3) is 27.3 Å². The average molecular weight is 485 g/mol. The normalized spacial score (nSPS) is 14.1. The van der Waals surface area contributed by atoms with Gasteiger partial charge in [0.1, 0.15) is 17.3 Å². The second-order valence-corrected chi connectivity index (χ2v) is 9.44. The maximum absolute atomic E-state index is 12.3. The van der Waals surface area contributed by atoms with Crippen LogP contribution < -0.4 is 15.8 Å². The summed E-state index contributed by atoms with van der Waals surface area (Å²) in [4.78, 5) is 19.1. The number of amides is 1. The molecule has 6 nitrogen and oxygen atoms in total. The van der Waals surface area contributed by atoms with Crippen LogP contribution in [0.15, 0.2) is 72.3 Å². The van der Waals surface area contributed by atoms with Crippen LogP contribution in [0.5, 0.6) is 11.5 Å². The number of nitrogen functional groups attached to an aromatic ring is 1. The molecule has 3 heterocycles. The molecule has 7 heteroatoms. The Kier molecular flexibility index (Phi) is 7.07. The Hall–Kier alpha value is -3.68. The molecule has 4 aromatic rings. The number of hydrogen-bond donors (Lipinski definition) is 2. The number of anilines is 1. The van der Waals surface area contributed by atoms with Crippen LogP contribution in [0.1, 0.15) is 18.4 Å². The number of benzene rings is 2. The van der Waals surface area contributed by atoms with Gasteiger partial charge in [-0.3, -0.25) is 4.79 Å². The van der Waals surface area contributed by atoms with Gasteiger partial charge in [0, 0.05) is 46.6 Å². The SMILES string of the molecule is Nc1ncc(C=CC(=O)NCCN2CCCC2)c2scc(-c3ccc(Oc4ccccc4)cc3)c12. The number of para-hydroxylation sites is 1. The van der Waals surface area contributed by atoms with Crippen molar-refractivity contribution in [2.75, 3.05) is 31.9 Å². The number of hydrogen-bond acceptors (Lipinski definition) is 6. The Morgan fingerprint density at radius 1 is 1.09 bits per heavy atom. The van der Waals surface area contributed by atoms with E-state index in [1.807, 2.05) is 60.7 Å². The minimum Gasteiger partial charge on any atom is -0.457 e. The van der Waals surface area contributed by atoms with Gasteiger partial charge in [0.05, 0.1) is 0 Å². The summed E-state index contributed by atoms with van der Waals surface area (Å²) in [6.45, 7) is 3.82. The molecule has 1 saturated heterocycles. The zero-order valence-corrected chi connectivity index (χ0v) is 20.3. The standard InChI is InChI=1S/C28H28N4O2S/c29-28-26-24(20-8-11-23(12-9-20)34-22-6-2-1-3-7-22)19-35-27(26)21(18-31-28)10-13-25(33)30-14-17-32-15-4-5-16-32/h1-3,6-13,18-19H,4-5,14-17H2,(H2,29,31)(H,30,33). The Bertz CT molecular complexity index is 1330. The van der Waals surface area contributed by atoms with Crippen molar-refractivity contribution in [3.63, 3.8) is 0 Å². The molecule has 35 heavy (non-hydrogen) atoms. The second-order valence-electron chi connectivity index (χ2n) is 8.56. The van der Waals surface area contributed by atoms with E-state index in [0.717, 1.165) is 57.9 Å². The highest BCUT2D eigenvalue weighted by molar-refractivity contribution is 7.18. The summed E-state index contributed by atoms with van der Waals surface area (Å²) in [5, 5.41) is 5.96. The van der Waals surface area contributed by atoms with Gasteiger partial charge in [-0.1, -0.05) is 30.3 Å². The van der Waals surface area contributed by atoms with Gasteiger partial charge in [-0.25, -0.2) is 4.98 Å². The van der Waals surface area contributed by atoms with Gasteiger partial charge in [0.25, 0.3) is 0 Å². The highest BCUT2D eigenvalue weighted by atomic mass is 32.1. The number of carbonyl (C=O) groups excluding carboxylic acids is 1. The van der Waals surface area contributed by atoms with E-state index in [4.69, 9.17) is 10.5 Å². The lowest BCUT2D eigenvalue weighted by molar-refractivity contribution is -0.116. The van der Waals surface area contributed by atoms with Gasteiger partial charge in [0.15, 0.2) is 0 Å². The largest absolute Gasteiger partial charge is 0.457 e. The van der Waals surface area contributed by atoms with Crippen LogP contribution in [0.2, 0.25) is 0 Å². The number of ether oxygens (including phenoxy) is 1. The molecule has 3 N–H and O–H groups in total. The molecular weight excluding hydrogens is 456 g/mol. The Morgan fingerprint density at radius 2 is 1.83 bits per heavy atom. The van der Waals surface area contributed by atoms with Crippen LogP contribution in [-0.2, 0) is 4.79 Å². The molecule has 0 saturated carbocycles. The van der Waals surface area contributed by atoms with Crippen LogP contribution in [0.4, 0.5) is 5.82 Å². The molecule has 0 atom stereocenters. The van der Waals surface area contributed by atoms with Gasteiger partial charge in [-0.15, -0.1) is 11.3 Å². The fourth-order valence-corrected chi connectivity index (χ4v) is 5.39. The summed E-state index contributed by atoms with van der Waals surface area (Å²) in [7, 11) is 0. The van der Waals surface area contributed by atoms with E-state index in [0.29, 0.717) is 12.4 Å². The number of nitrogens with zero attached hydrogens (tertiary/aromatic N) is 2. The highest BCUT2D eigenvalue weighted by Gasteiger charge is 2.14. The van der Waals surface area contributed by atoms with Crippen molar-refractivity contribution < 1.29 is 9.53 Å². The third-order valence-corrected chi connectivity index (χ3v) is 7.17. The molecule has 1 aliphatic heterocycles. The summed E-state index contributed by atoms with van der Waals surface area (Å²) in [6, 6.07) is 17.7. The monoisotopic (exact) mass is 484 g/mol. The zero-order valence-electron chi connectivity index (χ0n) is 19.4. The molecule has 0 radical (unpaired) electrons. The fourth-order valence-electron chi connectivity index (χ4n) is 4.31. The third kappa shape index (κ3) is 5.53. The quantitative estimate of drug-likeness (QED) is 0.320. The minimum atomic E-state index is -0.0973. The lowest BCUT2D eigenvalue weighted by Gasteiger charge is -2.13. The van der Waals surface area contributed by atoms with Crippen molar-refractivity contribution in [3.8, 4) is 22.6 Å². The predicted molar refractivity (Wildman–Crippen MR) is 144 cm³/mol. The molecule has 2 aromatic heterocycles. The Morgan fingerprint density at radius 3 is 2.60 bits per heavy atom. The number of fused-ring (bicyclic) bond motifs is 1. The van der Waals surface area contributed by atoms with Gasteiger partial charge < -0.3 is 20.7 Å².